The van der Waals surface area contributed by atoms with Crippen LogP contribution in [0.25, 0.3) is 0 Å². The summed E-state index contributed by atoms with van der Waals surface area (Å²) in [5.41, 5.74) is -1.30. The molecule has 0 unspecified atom stereocenters. The Kier molecular flexibility index (Phi) is 6.51. The van der Waals surface area contributed by atoms with Gasteiger partial charge in [-0.25, -0.2) is 12.7 Å². The minimum absolute atomic E-state index is 0.142. The molecule has 1 spiro atoms. The summed E-state index contributed by atoms with van der Waals surface area (Å²) in [5.74, 6) is 4.17. The van der Waals surface area contributed by atoms with Gasteiger partial charge in [-0.05, 0) is 97.7 Å². The van der Waals surface area contributed by atoms with Crippen LogP contribution in [-0.4, -0.2) is 37.7 Å². The zero-order valence-electron chi connectivity index (χ0n) is 23.9. The number of fused-ring (bicyclic) bond motifs is 5. The van der Waals surface area contributed by atoms with E-state index in [0.717, 1.165) is 42.9 Å². The Morgan fingerprint density at radius 3 is 2.33 bits per heavy atom. The van der Waals surface area contributed by atoms with Gasteiger partial charge in [-0.15, -0.1) is 0 Å². The van der Waals surface area contributed by atoms with Gasteiger partial charge in [-0.3, -0.25) is 4.79 Å². The highest BCUT2D eigenvalue weighted by Gasteiger charge is 2.76. The van der Waals surface area contributed by atoms with Crippen LogP contribution in [-0.2, 0) is 19.6 Å². The average Bonchev–Trinajstić information content (AvgIpc) is 3.25. The van der Waals surface area contributed by atoms with E-state index in [1.54, 1.807) is 7.11 Å². The van der Waals surface area contributed by atoms with Crippen molar-refractivity contribution in [3.05, 3.63) is 0 Å². The van der Waals surface area contributed by atoms with Crippen molar-refractivity contribution in [3.8, 4) is 0 Å². The SMILES string of the molecule is CO[C@]12CC[C@]3(C)[C@H]4CC[C@]5(C)[C@@H]([C@H](C)CCCC(C)C)CC[C@H]5[C@@H]4CC[C@@]3(C1)C(=O)N2S(C)(=O)=O. The quantitative estimate of drug-likeness (QED) is 0.377. The molecule has 0 aromatic heterocycles. The molecule has 5 nitrogen and oxygen atoms in total. The lowest BCUT2D eigenvalue weighted by Crippen LogP contribution is -2.60. The summed E-state index contributed by atoms with van der Waals surface area (Å²) in [4.78, 5) is 14.1. The Morgan fingerprint density at radius 1 is 0.972 bits per heavy atom. The minimum atomic E-state index is -3.68. The van der Waals surface area contributed by atoms with Crippen LogP contribution >= 0.6 is 0 Å². The van der Waals surface area contributed by atoms with E-state index < -0.39 is 21.2 Å². The number of sulfonamides is 1. The molecular formula is C30H51NO4S. The second-order valence-electron chi connectivity index (χ2n) is 14.6. The molecule has 36 heavy (non-hydrogen) atoms. The molecule has 1 heterocycles. The van der Waals surface area contributed by atoms with Gasteiger partial charge in [0.1, 0.15) is 0 Å². The number of amides is 1. The van der Waals surface area contributed by atoms with Crippen molar-refractivity contribution in [2.75, 3.05) is 13.4 Å². The fourth-order valence-corrected chi connectivity index (χ4v) is 12.3. The number of ether oxygens (including phenoxy) is 1. The van der Waals surface area contributed by atoms with Crippen LogP contribution in [0, 0.1) is 51.8 Å². The molecule has 5 rings (SSSR count). The Hall–Kier alpha value is -0.620. The van der Waals surface area contributed by atoms with Crippen molar-refractivity contribution in [2.24, 2.45) is 51.8 Å². The highest BCUT2D eigenvalue weighted by molar-refractivity contribution is 7.89. The van der Waals surface area contributed by atoms with Crippen LogP contribution in [0.1, 0.15) is 112 Å². The summed E-state index contributed by atoms with van der Waals surface area (Å²) in [6, 6.07) is 0. The van der Waals surface area contributed by atoms with Gasteiger partial charge in [0.25, 0.3) is 0 Å². The van der Waals surface area contributed by atoms with E-state index in [-0.39, 0.29) is 11.3 Å². The van der Waals surface area contributed by atoms with Gasteiger partial charge in [0.05, 0.1) is 11.7 Å². The molecule has 1 aliphatic heterocycles. The molecule has 6 heteroatoms. The first-order valence-electron chi connectivity index (χ1n) is 14.9. The predicted octanol–water partition coefficient (Wildman–Crippen LogP) is 6.62. The number of carbonyl (C=O) groups excluding carboxylic acids is 1. The minimum Gasteiger partial charge on any atom is -0.358 e. The smallest absolute Gasteiger partial charge is 0.245 e. The van der Waals surface area contributed by atoms with E-state index in [4.69, 9.17) is 4.74 Å². The van der Waals surface area contributed by atoms with E-state index >= 15 is 0 Å². The zero-order valence-corrected chi connectivity index (χ0v) is 24.8. The molecule has 206 valence electrons. The van der Waals surface area contributed by atoms with Gasteiger partial charge in [0.2, 0.25) is 15.9 Å². The van der Waals surface area contributed by atoms with Gasteiger partial charge in [-0.1, -0.05) is 53.9 Å². The van der Waals surface area contributed by atoms with Gasteiger partial charge < -0.3 is 4.74 Å². The third kappa shape index (κ3) is 3.54. The van der Waals surface area contributed by atoms with Crippen LogP contribution in [0.3, 0.4) is 0 Å². The van der Waals surface area contributed by atoms with Crippen molar-refractivity contribution in [3.63, 3.8) is 0 Å². The van der Waals surface area contributed by atoms with Crippen molar-refractivity contribution in [2.45, 2.75) is 117 Å². The maximum atomic E-state index is 14.1. The highest BCUT2D eigenvalue weighted by atomic mass is 32.2. The van der Waals surface area contributed by atoms with Crippen LogP contribution < -0.4 is 0 Å². The maximum absolute atomic E-state index is 14.1. The molecule has 0 aromatic rings. The lowest BCUT2D eigenvalue weighted by Gasteiger charge is -2.63. The lowest BCUT2D eigenvalue weighted by molar-refractivity contribution is -0.183. The molecule has 2 bridgehead atoms. The Morgan fingerprint density at radius 2 is 1.69 bits per heavy atom. The van der Waals surface area contributed by atoms with Gasteiger partial charge in [0.15, 0.2) is 5.72 Å². The molecule has 0 N–H and O–H groups in total. The molecule has 1 amide bonds. The Balaban J connectivity index is 1.41. The third-order valence-electron chi connectivity index (χ3n) is 12.7. The summed E-state index contributed by atoms with van der Waals surface area (Å²) in [5, 5.41) is 0. The van der Waals surface area contributed by atoms with E-state index in [1.165, 1.54) is 55.5 Å². The van der Waals surface area contributed by atoms with Crippen LogP contribution in [0.4, 0.5) is 0 Å². The number of hydrogen-bond acceptors (Lipinski definition) is 4. The first-order chi connectivity index (χ1) is 16.8. The second-order valence-corrected chi connectivity index (χ2v) is 16.4. The summed E-state index contributed by atoms with van der Waals surface area (Å²) in [6.45, 7) is 12.2. The van der Waals surface area contributed by atoms with Crippen LogP contribution in [0.15, 0.2) is 0 Å². The summed E-state index contributed by atoms with van der Waals surface area (Å²) in [7, 11) is -2.09. The number of hydrogen-bond donors (Lipinski definition) is 0. The van der Waals surface area contributed by atoms with E-state index in [2.05, 4.69) is 34.6 Å². The Bertz CT molecular complexity index is 995. The molecule has 1 saturated heterocycles. The number of carbonyl (C=O) groups is 1. The van der Waals surface area contributed by atoms with Gasteiger partial charge in [-0.2, -0.15) is 0 Å². The zero-order chi connectivity index (χ0) is 26.3. The third-order valence-corrected chi connectivity index (χ3v) is 13.9. The summed E-state index contributed by atoms with van der Waals surface area (Å²) >= 11 is 0. The first kappa shape index (κ1) is 27.0. The number of nitrogens with zero attached hydrogens (tertiary/aromatic N) is 1. The molecular weight excluding hydrogens is 470 g/mol. The van der Waals surface area contributed by atoms with E-state index in [1.807, 2.05) is 0 Å². The summed E-state index contributed by atoms with van der Waals surface area (Å²) in [6.07, 6.45) is 14.3. The maximum Gasteiger partial charge on any atom is 0.245 e. The monoisotopic (exact) mass is 521 g/mol. The van der Waals surface area contributed by atoms with Crippen molar-refractivity contribution < 1.29 is 17.9 Å². The molecule has 5 fully saturated rings. The van der Waals surface area contributed by atoms with Gasteiger partial charge in [0, 0.05) is 13.5 Å². The van der Waals surface area contributed by atoms with E-state index in [9.17, 15) is 13.2 Å². The second kappa shape index (κ2) is 8.69. The first-order valence-corrected chi connectivity index (χ1v) is 16.7. The summed E-state index contributed by atoms with van der Waals surface area (Å²) < 4.78 is 32.7. The standard InChI is InChI=1S/C30H51NO4S/c1-20(2)9-8-10-21(3)23-11-12-24-22-13-16-29-19-30(35-6,31(26(29)32)36(7,33)34)18-17-28(29,5)25(22)14-15-27(23,24)4/h20-25H,8-19H2,1-7H3/t21-,22+,23-,24+,25+,27-,28-,29-,30-/m1/s1. The molecule has 4 saturated carbocycles. The molecule has 0 radical (unpaired) electrons. The van der Waals surface area contributed by atoms with Crippen LogP contribution in [0.5, 0.6) is 0 Å². The average molecular weight is 522 g/mol. The fraction of sp³-hybridized carbons (Fsp3) is 0.967. The van der Waals surface area contributed by atoms with Crippen molar-refractivity contribution in [1.82, 2.24) is 4.31 Å². The van der Waals surface area contributed by atoms with Gasteiger partial charge >= 0.3 is 0 Å². The number of methoxy groups -OCH3 is 1. The van der Waals surface area contributed by atoms with Crippen LogP contribution in [0.2, 0.25) is 0 Å². The lowest BCUT2D eigenvalue weighted by atomic mass is 9.40. The van der Waals surface area contributed by atoms with Crippen molar-refractivity contribution >= 4 is 15.9 Å². The molecule has 5 aliphatic rings. The molecule has 9 atom stereocenters. The normalized spacial score (nSPS) is 47.0. The predicted molar refractivity (Wildman–Crippen MR) is 143 cm³/mol. The fourth-order valence-electron chi connectivity index (χ4n) is 11.0. The van der Waals surface area contributed by atoms with E-state index in [0.29, 0.717) is 30.1 Å². The number of rotatable bonds is 7. The highest BCUT2D eigenvalue weighted by Crippen LogP contribution is 2.74. The van der Waals surface area contributed by atoms with Crippen molar-refractivity contribution in [1.29, 1.82) is 0 Å². The molecule has 4 aliphatic carbocycles. The molecule has 0 aromatic carbocycles. The topological polar surface area (TPSA) is 63.7 Å². The largest absolute Gasteiger partial charge is 0.358 e. The Labute approximate surface area is 220 Å².